The lowest BCUT2D eigenvalue weighted by Crippen LogP contribution is -2.55. The molecule has 1 aliphatic heterocycles. The molecule has 2 aromatic rings. The van der Waals surface area contributed by atoms with E-state index in [2.05, 4.69) is 27.3 Å². The number of halogens is 1. The molecule has 4 rings (SSSR count). The molecule has 0 aromatic heterocycles. The van der Waals surface area contributed by atoms with Gasteiger partial charge in [-0.2, -0.15) is 0 Å². The third kappa shape index (κ3) is 9.30. The fraction of sp³-hybridized carbons (Fsp3) is 0.559. The zero-order valence-electron chi connectivity index (χ0n) is 25.3. The zero-order valence-corrected chi connectivity index (χ0v) is 26.0. The van der Waals surface area contributed by atoms with Gasteiger partial charge in [0, 0.05) is 22.5 Å². The maximum Gasteiger partial charge on any atom is 0.251 e. The first-order valence-electron chi connectivity index (χ1n) is 15.7. The molecule has 0 bridgehead atoms. The van der Waals surface area contributed by atoms with Crippen LogP contribution in [0.5, 0.6) is 0 Å². The third-order valence-electron chi connectivity index (χ3n) is 8.65. The Bertz CT molecular complexity index is 1200. The summed E-state index contributed by atoms with van der Waals surface area (Å²) >= 11 is 6.26. The smallest absolute Gasteiger partial charge is 0.251 e. The van der Waals surface area contributed by atoms with Crippen LogP contribution >= 0.6 is 11.6 Å². The first-order valence-corrected chi connectivity index (χ1v) is 16.0. The number of amides is 3. The van der Waals surface area contributed by atoms with Gasteiger partial charge in [-0.25, -0.2) is 0 Å². The second kappa shape index (κ2) is 15.5. The van der Waals surface area contributed by atoms with Crippen LogP contribution in [0.15, 0.2) is 48.5 Å². The highest BCUT2D eigenvalue weighted by molar-refractivity contribution is 6.30. The first kappa shape index (κ1) is 32.0. The summed E-state index contributed by atoms with van der Waals surface area (Å²) in [6.07, 6.45) is 7.89. The van der Waals surface area contributed by atoms with E-state index < -0.39 is 12.1 Å². The van der Waals surface area contributed by atoms with Crippen molar-refractivity contribution in [3.63, 3.8) is 0 Å². The summed E-state index contributed by atoms with van der Waals surface area (Å²) in [4.78, 5) is 39.6. The molecule has 2 fully saturated rings. The molecule has 3 amide bonds. The van der Waals surface area contributed by atoms with Gasteiger partial charge in [-0.15, -0.1) is 0 Å². The lowest BCUT2D eigenvalue weighted by Gasteiger charge is -2.34. The van der Waals surface area contributed by atoms with Crippen molar-refractivity contribution in [3.8, 4) is 0 Å². The van der Waals surface area contributed by atoms with E-state index >= 15 is 0 Å². The largest absolute Gasteiger partial charge is 0.351 e. The van der Waals surface area contributed by atoms with Crippen LogP contribution in [-0.4, -0.2) is 48.9 Å². The molecule has 4 atom stereocenters. The van der Waals surface area contributed by atoms with Gasteiger partial charge in [0.2, 0.25) is 11.8 Å². The zero-order chi connectivity index (χ0) is 30.1. The minimum atomic E-state index is -0.789. The summed E-state index contributed by atoms with van der Waals surface area (Å²) in [5.41, 5.74) is 2.87. The van der Waals surface area contributed by atoms with Gasteiger partial charge in [0.25, 0.3) is 5.91 Å². The molecule has 1 saturated carbocycles. The van der Waals surface area contributed by atoms with E-state index in [-0.39, 0.29) is 35.6 Å². The van der Waals surface area contributed by atoms with E-state index in [0.29, 0.717) is 22.9 Å². The lowest BCUT2D eigenvalue weighted by molar-refractivity contribution is -0.130. The molecule has 1 saturated heterocycles. The van der Waals surface area contributed by atoms with Crippen LogP contribution < -0.4 is 21.3 Å². The fourth-order valence-electron chi connectivity index (χ4n) is 6.28. The number of carbonyl (C=O) groups excluding carboxylic acids is 3. The first-order chi connectivity index (χ1) is 20.2. The van der Waals surface area contributed by atoms with Crippen molar-refractivity contribution in [1.82, 2.24) is 21.3 Å². The van der Waals surface area contributed by atoms with Crippen LogP contribution in [-0.2, 0) is 16.0 Å². The standard InChI is InChI=1S/C34H47ClN4O3/c1-22(2)19-31(34(42)38-30-10-5-4-9-29(30)27-7-6-8-28(35)21-27)39-32(40)23(3)37-33(41)26-13-11-24(12-14-26)20-25-15-17-36-18-16-25/h6-8,11-14,21-23,25,29-31,36H,4-5,9-10,15-20H2,1-3H3,(H,37,41)(H,38,42)(H,39,40)/t23-,29?,30+,31?/m1/s1. The Morgan fingerprint density at radius 3 is 2.31 bits per heavy atom. The van der Waals surface area contributed by atoms with E-state index in [0.717, 1.165) is 50.8 Å². The highest BCUT2D eigenvalue weighted by atomic mass is 35.5. The topological polar surface area (TPSA) is 99.3 Å². The number of benzene rings is 2. The Hall–Kier alpha value is -2.90. The van der Waals surface area contributed by atoms with Crippen molar-refractivity contribution in [2.24, 2.45) is 11.8 Å². The number of carbonyl (C=O) groups is 3. The monoisotopic (exact) mass is 594 g/mol. The number of nitrogens with one attached hydrogen (secondary N) is 4. The SMILES string of the molecule is CC(C)CC(NC(=O)[C@@H](C)NC(=O)c1ccc(CC2CCNCC2)cc1)C(=O)N[C@H]1CCCCC1c1cccc(Cl)c1. The molecule has 42 heavy (non-hydrogen) atoms. The summed E-state index contributed by atoms with van der Waals surface area (Å²) in [5.74, 6) is 0.194. The Morgan fingerprint density at radius 1 is 0.905 bits per heavy atom. The van der Waals surface area contributed by atoms with Crippen LogP contribution in [0, 0.1) is 11.8 Å². The summed E-state index contributed by atoms with van der Waals surface area (Å²) in [6.45, 7) is 7.84. The van der Waals surface area contributed by atoms with Gasteiger partial charge in [-0.05, 0) is 106 Å². The highest BCUT2D eigenvalue weighted by Crippen LogP contribution is 2.34. The molecular formula is C34H47ClN4O3. The average Bonchev–Trinajstić information content (AvgIpc) is 2.97. The van der Waals surface area contributed by atoms with E-state index in [1.165, 1.54) is 18.4 Å². The molecule has 0 radical (unpaired) electrons. The predicted molar refractivity (Wildman–Crippen MR) is 169 cm³/mol. The minimum absolute atomic E-state index is 0.0221. The van der Waals surface area contributed by atoms with Crippen LogP contribution in [0.25, 0.3) is 0 Å². The van der Waals surface area contributed by atoms with E-state index in [1.807, 2.05) is 56.3 Å². The van der Waals surface area contributed by atoms with Gasteiger partial charge < -0.3 is 21.3 Å². The quantitative estimate of drug-likeness (QED) is 0.281. The average molecular weight is 595 g/mol. The second-order valence-corrected chi connectivity index (χ2v) is 13.0. The van der Waals surface area contributed by atoms with Crippen LogP contribution in [0.4, 0.5) is 0 Å². The molecular weight excluding hydrogens is 548 g/mol. The Labute approximate surface area is 255 Å². The van der Waals surface area contributed by atoms with Gasteiger partial charge in [-0.3, -0.25) is 14.4 Å². The van der Waals surface area contributed by atoms with Crippen molar-refractivity contribution in [2.45, 2.75) is 96.2 Å². The number of piperidine rings is 1. The molecule has 4 N–H and O–H groups in total. The van der Waals surface area contributed by atoms with Gasteiger partial charge in [0.05, 0.1) is 0 Å². The molecule has 7 nitrogen and oxygen atoms in total. The Kier molecular flexibility index (Phi) is 11.8. The molecule has 8 heteroatoms. The molecule has 2 unspecified atom stereocenters. The molecule has 1 aliphatic carbocycles. The van der Waals surface area contributed by atoms with Gasteiger partial charge in [0.1, 0.15) is 12.1 Å². The van der Waals surface area contributed by atoms with Crippen molar-refractivity contribution < 1.29 is 14.4 Å². The van der Waals surface area contributed by atoms with Crippen molar-refractivity contribution in [2.75, 3.05) is 13.1 Å². The maximum atomic E-state index is 13.5. The number of hydrogen-bond donors (Lipinski definition) is 4. The Morgan fingerprint density at radius 2 is 1.62 bits per heavy atom. The Balaban J connectivity index is 1.33. The summed E-state index contributed by atoms with van der Waals surface area (Å²) < 4.78 is 0. The van der Waals surface area contributed by atoms with E-state index in [1.54, 1.807) is 6.92 Å². The molecule has 228 valence electrons. The summed E-state index contributed by atoms with van der Waals surface area (Å²) in [7, 11) is 0. The maximum absolute atomic E-state index is 13.5. The third-order valence-corrected chi connectivity index (χ3v) is 8.89. The molecule has 0 spiro atoms. The molecule has 1 heterocycles. The highest BCUT2D eigenvalue weighted by Gasteiger charge is 2.32. The van der Waals surface area contributed by atoms with Crippen molar-refractivity contribution >= 4 is 29.3 Å². The van der Waals surface area contributed by atoms with Gasteiger partial charge >= 0.3 is 0 Å². The van der Waals surface area contributed by atoms with Gasteiger partial charge in [0.15, 0.2) is 0 Å². The number of rotatable bonds is 11. The van der Waals surface area contributed by atoms with Crippen LogP contribution in [0.3, 0.4) is 0 Å². The minimum Gasteiger partial charge on any atom is -0.351 e. The number of hydrogen-bond acceptors (Lipinski definition) is 4. The van der Waals surface area contributed by atoms with E-state index in [9.17, 15) is 14.4 Å². The summed E-state index contributed by atoms with van der Waals surface area (Å²) in [6, 6.07) is 14.0. The second-order valence-electron chi connectivity index (χ2n) is 12.5. The van der Waals surface area contributed by atoms with Crippen LogP contribution in [0.2, 0.25) is 5.02 Å². The predicted octanol–water partition coefficient (Wildman–Crippen LogP) is 5.37. The van der Waals surface area contributed by atoms with Crippen molar-refractivity contribution in [3.05, 3.63) is 70.2 Å². The van der Waals surface area contributed by atoms with Crippen molar-refractivity contribution in [1.29, 1.82) is 0 Å². The van der Waals surface area contributed by atoms with E-state index in [4.69, 9.17) is 11.6 Å². The molecule has 2 aromatic carbocycles. The van der Waals surface area contributed by atoms with Crippen LogP contribution in [0.1, 0.15) is 93.1 Å². The summed E-state index contributed by atoms with van der Waals surface area (Å²) in [5, 5.41) is 13.1. The van der Waals surface area contributed by atoms with Gasteiger partial charge in [-0.1, -0.05) is 62.6 Å². The fourth-order valence-corrected chi connectivity index (χ4v) is 6.48. The normalized spacial score (nSPS) is 20.9. The molecule has 2 aliphatic rings. The lowest BCUT2D eigenvalue weighted by atomic mass is 9.80.